The lowest BCUT2D eigenvalue weighted by molar-refractivity contribution is -0.384. The molecule has 1 aliphatic heterocycles. The summed E-state index contributed by atoms with van der Waals surface area (Å²) in [6.45, 7) is 1.77. The van der Waals surface area contributed by atoms with Crippen molar-refractivity contribution in [2.24, 2.45) is 10.2 Å². The second-order valence-electron chi connectivity index (χ2n) is 3.75. The van der Waals surface area contributed by atoms with E-state index in [0.717, 1.165) is 0 Å². The number of thioether (sulfide) groups is 1. The number of nitrogens with one attached hydrogen (secondary N) is 1. The molecule has 1 amide bonds. The molecule has 7 nitrogen and oxygen atoms in total. The molecule has 0 saturated carbocycles. The van der Waals surface area contributed by atoms with Crippen molar-refractivity contribution in [1.82, 2.24) is 5.32 Å². The van der Waals surface area contributed by atoms with E-state index in [4.69, 9.17) is 0 Å². The van der Waals surface area contributed by atoms with Crippen molar-refractivity contribution in [3.63, 3.8) is 0 Å². The molecule has 8 heteroatoms. The van der Waals surface area contributed by atoms with Crippen LogP contribution in [0.15, 0.2) is 34.5 Å². The van der Waals surface area contributed by atoms with Crippen molar-refractivity contribution < 1.29 is 9.72 Å². The lowest BCUT2D eigenvalue weighted by Gasteiger charge is -1.93. The fourth-order valence-corrected chi connectivity index (χ4v) is 2.13. The van der Waals surface area contributed by atoms with Crippen LogP contribution in [0.3, 0.4) is 0 Å². The predicted molar refractivity (Wildman–Crippen MR) is 73.3 cm³/mol. The van der Waals surface area contributed by atoms with Gasteiger partial charge in [0.25, 0.3) is 5.69 Å². The molecule has 2 rings (SSSR count). The first-order valence-electron chi connectivity index (χ1n) is 5.39. The molecule has 0 aliphatic carbocycles. The van der Waals surface area contributed by atoms with Gasteiger partial charge in [0.15, 0.2) is 5.17 Å². The zero-order valence-electron chi connectivity index (χ0n) is 9.94. The molecule has 0 radical (unpaired) electrons. The number of amidine groups is 1. The summed E-state index contributed by atoms with van der Waals surface area (Å²) < 4.78 is 0. The van der Waals surface area contributed by atoms with Gasteiger partial charge in [0.1, 0.15) is 0 Å². The highest BCUT2D eigenvalue weighted by molar-refractivity contribution is 8.15. The maximum atomic E-state index is 11.2. The standard InChI is InChI=1S/C11H10N4O3S/c1-7-10(16)13-11(19-7)14-12-6-8-3-2-4-9(5-8)15(17)18/h2-7H,1H3,(H,13,14,16)/b12-6-/t7-/m1/s1. The van der Waals surface area contributed by atoms with Crippen LogP contribution >= 0.6 is 11.8 Å². The molecule has 0 bridgehead atoms. The van der Waals surface area contributed by atoms with Crippen molar-refractivity contribution in [2.75, 3.05) is 0 Å². The van der Waals surface area contributed by atoms with Crippen molar-refractivity contribution in [3.05, 3.63) is 39.9 Å². The number of carbonyl (C=O) groups is 1. The summed E-state index contributed by atoms with van der Waals surface area (Å²) in [5.41, 5.74) is 0.565. The van der Waals surface area contributed by atoms with Gasteiger partial charge in [-0.3, -0.25) is 14.9 Å². The summed E-state index contributed by atoms with van der Waals surface area (Å²) in [6.07, 6.45) is 1.40. The van der Waals surface area contributed by atoms with Gasteiger partial charge in [-0.1, -0.05) is 23.9 Å². The lowest BCUT2D eigenvalue weighted by atomic mass is 10.2. The van der Waals surface area contributed by atoms with Gasteiger partial charge >= 0.3 is 0 Å². The van der Waals surface area contributed by atoms with Crippen molar-refractivity contribution >= 4 is 34.7 Å². The number of hydrogen-bond acceptors (Lipinski definition) is 6. The molecule has 1 saturated heterocycles. The molecule has 1 atom stereocenters. The van der Waals surface area contributed by atoms with E-state index >= 15 is 0 Å². The zero-order chi connectivity index (χ0) is 13.8. The van der Waals surface area contributed by atoms with Gasteiger partial charge in [0.2, 0.25) is 5.91 Å². The average Bonchev–Trinajstić information content (AvgIpc) is 2.69. The SMILES string of the molecule is C[C@H]1SC(=N/N=C\c2cccc([N+](=O)[O-])c2)NC1=O. The van der Waals surface area contributed by atoms with E-state index in [-0.39, 0.29) is 16.8 Å². The predicted octanol–water partition coefficient (Wildman–Crippen LogP) is 1.54. The minimum Gasteiger partial charge on any atom is -0.303 e. The Morgan fingerprint density at radius 3 is 2.95 bits per heavy atom. The van der Waals surface area contributed by atoms with Crippen LogP contribution in [0.2, 0.25) is 0 Å². The maximum Gasteiger partial charge on any atom is 0.270 e. The number of nitro groups is 1. The smallest absolute Gasteiger partial charge is 0.270 e. The van der Waals surface area contributed by atoms with Crippen LogP contribution in [-0.2, 0) is 4.79 Å². The number of nitro benzene ring substituents is 1. The number of hydrogen-bond donors (Lipinski definition) is 1. The molecule has 19 heavy (non-hydrogen) atoms. The Hall–Kier alpha value is -2.22. The number of rotatable bonds is 3. The summed E-state index contributed by atoms with van der Waals surface area (Å²) in [7, 11) is 0. The van der Waals surface area contributed by atoms with E-state index in [2.05, 4.69) is 15.5 Å². The molecule has 98 valence electrons. The largest absolute Gasteiger partial charge is 0.303 e. The number of non-ortho nitro benzene ring substituents is 1. The van der Waals surface area contributed by atoms with Gasteiger partial charge < -0.3 is 5.32 Å². The van der Waals surface area contributed by atoms with Crippen LogP contribution in [0, 0.1) is 10.1 Å². The molecule has 1 aliphatic rings. The Kier molecular flexibility index (Phi) is 3.91. The average molecular weight is 278 g/mol. The van der Waals surface area contributed by atoms with Crippen LogP contribution in [0.4, 0.5) is 5.69 Å². The molecule has 0 unspecified atom stereocenters. The Labute approximate surface area is 112 Å². The Bertz CT molecular complexity index is 585. The van der Waals surface area contributed by atoms with Crippen LogP contribution in [0.1, 0.15) is 12.5 Å². The van der Waals surface area contributed by atoms with Crippen molar-refractivity contribution in [1.29, 1.82) is 0 Å². The summed E-state index contributed by atoms with van der Waals surface area (Å²) in [6, 6.07) is 6.05. The normalized spacial score (nSPS) is 21.0. The van der Waals surface area contributed by atoms with E-state index in [0.29, 0.717) is 10.7 Å². The molecule has 1 N–H and O–H groups in total. The van der Waals surface area contributed by atoms with E-state index in [1.807, 2.05) is 0 Å². The fraction of sp³-hybridized carbons (Fsp3) is 0.182. The molecule has 1 aromatic rings. The third kappa shape index (κ3) is 3.38. The molecule has 0 aromatic heterocycles. The first-order chi connectivity index (χ1) is 9.06. The van der Waals surface area contributed by atoms with Gasteiger partial charge in [-0.15, -0.1) is 5.10 Å². The summed E-state index contributed by atoms with van der Waals surface area (Å²) >= 11 is 1.28. The van der Waals surface area contributed by atoms with Gasteiger partial charge in [-0.05, 0) is 6.92 Å². The van der Waals surface area contributed by atoms with Gasteiger partial charge in [-0.25, -0.2) is 0 Å². The minimum atomic E-state index is -0.474. The molecule has 1 fully saturated rings. The summed E-state index contributed by atoms with van der Waals surface area (Å²) in [5.74, 6) is -0.103. The number of benzene rings is 1. The van der Waals surface area contributed by atoms with E-state index < -0.39 is 4.92 Å². The number of amides is 1. The fourth-order valence-electron chi connectivity index (χ4n) is 1.37. The van der Waals surface area contributed by atoms with Gasteiger partial charge in [0, 0.05) is 17.7 Å². The van der Waals surface area contributed by atoms with E-state index in [9.17, 15) is 14.9 Å². The molecule has 1 heterocycles. The Balaban J connectivity index is 2.07. The number of nitrogens with zero attached hydrogens (tertiary/aromatic N) is 3. The monoisotopic (exact) mass is 278 g/mol. The summed E-state index contributed by atoms with van der Waals surface area (Å²) in [5, 5.41) is 21.1. The first-order valence-corrected chi connectivity index (χ1v) is 6.27. The first kappa shape index (κ1) is 13.2. The van der Waals surface area contributed by atoms with Crippen LogP contribution in [-0.4, -0.2) is 27.5 Å². The molecular formula is C11H10N4O3S. The third-order valence-electron chi connectivity index (χ3n) is 2.32. The maximum absolute atomic E-state index is 11.2. The summed E-state index contributed by atoms with van der Waals surface area (Å²) in [4.78, 5) is 21.3. The van der Waals surface area contributed by atoms with Crippen molar-refractivity contribution in [3.8, 4) is 0 Å². The highest BCUT2D eigenvalue weighted by Gasteiger charge is 2.25. The molecule has 1 aromatic carbocycles. The second kappa shape index (κ2) is 5.61. The second-order valence-corrected chi connectivity index (χ2v) is 5.08. The highest BCUT2D eigenvalue weighted by Crippen LogP contribution is 2.18. The Morgan fingerprint density at radius 2 is 2.32 bits per heavy atom. The Morgan fingerprint density at radius 1 is 1.53 bits per heavy atom. The van der Waals surface area contributed by atoms with Gasteiger partial charge in [-0.2, -0.15) is 5.10 Å². The third-order valence-corrected chi connectivity index (χ3v) is 3.30. The lowest BCUT2D eigenvalue weighted by Crippen LogP contribution is -2.23. The van der Waals surface area contributed by atoms with Crippen LogP contribution < -0.4 is 5.32 Å². The molecule has 0 spiro atoms. The van der Waals surface area contributed by atoms with Gasteiger partial charge in [0.05, 0.1) is 16.4 Å². The quantitative estimate of drug-likeness (QED) is 0.515. The minimum absolute atomic E-state index is 0.00577. The van der Waals surface area contributed by atoms with E-state index in [1.165, 1.54) is 30.1 Å². The topological polar surface area (TPSA) is 97.0 Å². The number of carbonyl (C=O) groups excluding carboxylic acids is 1. The van der Waals surface area contributed by atoms with Crippen molar-refractivity contribution in [2.45, 2.75) is 12.2 Å². The molecular weight excluding hydrogens is 268 g/mol. The van der Waals surface area contributed by atoms with Crippen LogP contribution in [0.25, 0.3) is 0 Å². The zero-order valence-corrected chi connectivity index (χ0v) is 10.8. The highest BCUT2D eigenvalue weighted by atomic mass is 32.2. The van der Waals surface area contributed by atoms with Crippen LogP contribution in [0.5, 0.6) is 0 Å². The van der Waals surface area contributed by atoms with E-state index in [1.54, 1.807) is 19.1 Å².